The number of rotatable bonds is 11. The van der Waals surface area contributed by atoms with E-state index in [0.29, 0.717) is 34.7 Å². The number of benzene rings is 2. The highest BCUT2D eigenvalue weighted by Crippen LogP contribution is 2.37. The van der Waals surface area contributed by atoms with E-state index in [4.69, 9.17) is 32.7 Å². The molecule has 0 amide bonds. The first-order valence-electron chi connectivity index (χ1n) is 9.36. The van der Waals surface area contributed by atoms with Gasteiger partial charge in [0.05, 0.1) is 12.1 Å². The van der Waals surface area contributed by atoms with Gasteiger partial charge in [-0.05, 0) is 58.8 Å². The monoisotopic (exact) mass is 503 g/mol. The normalized spacial score (nSPS) is 10.6. The molecule has 11 heteroatoms. The average Bonchev–Trinajstić information content (AvgIpc) is 3.15. The number of aromatic nitrogens is 4. The molecular formula is C20H24Cl3N5O2S. The van der Waals surface area contributed by atoms with Crippen molar-refractivity contribution in [2.24, 2.45) is 7.05 Å². The van der Waals surface area contributed by atoms with Crippen molar-refractivity contribution in [3.8, 4) is 11.5 Å². The zero-order valence-electron chi connectivity index (χ0n) is 17.2. The molecule has 0 unspecified atom stereocenters. The molecule has 0 bridgehead atoms. The molecule has 7 nitrogen and oxygen atoms in total. The molecule has 0 radical (unpaired) electrons. The fourth-order valence-electron chi connectivity index (χ4n) is 2.69. The van der Waals surface area contributed by atoms with Gasteiger partial charge < -0.3 is 14.8 Å². The van der Waals surface area contributed by atoms with Gasteiger partial charge in [0, 0.05) is 24.4 Å². The molecule has 0 aliphatic heterocycles. The van der Waals surface area contributed by atoms with E-state index in [0.717, 1.165) is 35.0 Å². The molecule has 0 spiro atoms. The second-order valence-corrected chi connectivity index (χ2v) is 8.39. The maximum atomic E-state index is 6.46. The van der Waals surface area contributed by atoms with Crippen LogP contribution in [0, 0.1) is 0 Å². The quantitative estimate of drug-likeness (QED) is 0.297. The molecule has 2 aromatic carbocycles. The molecule has 31 heavy (non-hydrogen) atoms. The summed E-state index contributed by atoms with van der Waals surface area (Å²) < 4.78 is 13.1. The minimum atomic E-state index is 0. The van der Waals surface area contributed by atoms with Crippen LogP contribution in [0.15, 0.2) is 41.6 Å². The predicted molar refractivity (Wildman–Crippen MR) is 127 cm³/mol. The third kappa shape index (κ3) is 7.73. The number of thioether (sulfide) groups is 1. The number of aryl methyl sites for hydroxylation is 1. The molecular weight excluding hydrogens is 481 g/mol. The van der Waals surface area contributed by atoms with Crippen LogP contribution in [0.5, 0.6) is 11.5 Å². The lowest BCUT2D eigenvalue weighted by Gasteiger charge is -2.15. The Labute approximate surface area is 202 Å². The lowest BCUT2D eigenvalue weighted by atomic mass is 10.2. The van der Waals surface area contributed by atoms with Gasteiger partial charge in [0.25, 0.3) is 0 Å². The van der Waals surface area contributed by atoms with Crippen molar-refractivity contribution in [1.82, 2.24) is 25.5 Å². The van der Waals surface area contributed by atoms with Gasteiger partial charge in [0.15, 0.2) is 11.5 Å². The Kier molecular flexibility index (Phi) is 10.7. The lowest BCUT2D eigenvalue weighted by molar-refractivity contribution is 0.284. The fraction of sp³-hybridized carbons (Fsp3) is 0.350. The van der Waals surface area contributed by atoms with Crippen molar-refractivity contribution in [2.45, 2.75) is 24.7 Å². The second-order valence-electron chi connectivity index (χ2n) is 6.49. The van der Waals surface area contributed by atoms with Gasteiger partial charge in [-0.3, -0.25) is 0 Å². The summed E-state index contributed by atoms with van der Waals surface area (Å²) in [5.41, 5.74) is 2.03. The number of hydrogen-bond donors (Lipinski definition) is 1. The summed E-state index contributed by atoms with van der Waals surface area (Å²) in [5.74, 6) is 2.08. The number of hydrogen-bond acceptors (Lipinski definition) is 7. The van der Waals surface area contributed by atoms with Crippen LogP contribution in [0.25, 0.3) is 0 Å². The molecule has 0 aliphatic carbocycles. The molecule has 3 rings (SSSR count). The van der Waals surface area contributed by atoms with Crippen molar-refractivity contribution in [2.75, 3.05) is 19.4 Å². The summed E-state index contributed by atoms with van der Waals surface area (Å²) in [6.07, 6.45) is 0.991. The number of ether oxygens (including phenoxy) is 2. The standard InChI is InChI=1S/C20H23Cl2N5O2S.ClH/c1-27-20(24-25-26-27)30-9-3-8-23-12-15-10-17(22)19(18(11-15)28-2)29-13-14-4-6-16(21)7-5-14;/h4-7,10-11,23H,3,8-9,12-13H2,1-2H3;1H. The Morgan fingerprint density at radius 1 is 1.13 bits per heavy atom. The van der Waals surface area contributed by atoms with Gasteiger partial charge in [-0.2, -0.15) is 0 Å². The number of methoxy groups -OCH3 is 1. The van der Waals surface area contributed by atoms with Crippen LogP contribution in [-0.2, 0) is 20.2 Å². The van der Waals surface area contributed by atoms with E-state index < -0.39 is 0 Å². The van der Waals surface area contributed by atoms with Crippen molar-refractivity contribution >= 4 is 47.4 Å². The summed E-state index contributed by atoms with van der Waals surface area (Å²) in [6, 6.07) is 11.3. The Bertz CT molecular complexity index is 956. The van der Waals surface area contributed by atoms with Crippen LogP contribution in [0.4, 0.5) is 0 Å². The Morgan fingerprint density at radius 2 is 1.90 bits per heavy atom. The van der Waals surface area contributed by atoms with E-state index in [1.807, 2.05) is 43.4 Å². The summed E-state index contributed by atoms with van der Waals surface area (Å²) in [4.78, 5) is 0. The molecule has 3 aromatic rings. The van der Waals surface area contributed by atoms with Crippen LogP contribution in [0.1, 0.15) is 17.5 Å². The first kappa shape index (κ1) is 25.5. The fourth-order valence-corrected chi connectivity index (χ4v) is 3.89. The lowest BCUT2D eigenvalue weighted by Crippen LogP contribution is -2.15. The molecule has 0 saturated heterocycles. The van der Waals surface area contributed by atoms with Gasteiger partial charge in [0.1, 0.15) is 6.61 Å². The number of tetrazole rings is 1. The molecule has 168 valence electrons. The topological polar surface area (TPSA) is 74.1 Å². The summed E-state index contributed by atoms with van der Waals surface area (Å²) in [6.45, 7) is 1.93. The van der Waals surface area contributed by atoms with E-state index in [2.05, 4.69) is 20.8 Å². The molecule has 0 atom stereocenters. The van der Waals surface area contributed by atoms with Gasteiger partial charge in [0.2, 0.25) is 5.16 Å². The minimum absolute atomic E-state index is 0. The SMILES string of the molecule is COc1cc(CNCCCSc2nnnn2C)cc(Cl)c1OCc1ccc(Cl)cc1.Cl. The van der Waals surface area contributed by atoms with Crippen molar-refractivity contribution in [3.05, 3.63) is 57.6 Å². The average molecular weight is 505 g/mol. The highest BCUT2D eigenvalue weighted by atomic mass is 35.5. The van der Waals surface area contributed by atoms with Crippen LogP contribution >= 0.6 is 47.4 Å². The van der Waals surface area contributed by atoms with E-state index >= 15 is 0 Å². The molecule has 1 N–H and O–H groups in total. The first-order chi connectivity index (χ1) is 14.6. The molecule has 0 fully saturated rings. The zero-order valence-corrected chi connectivity index (χ0v) is 20.3. The Balaban J connectivity index is 0.00000341. The highest BCUT2D eigenvalue weighted by Gasteiger charge is 2.12. The summed E-state index contributed by atoms with van der Waals surface area (Å²) in [5, 5.41) is 16.8. The second kappa shape index (κ2) is 13.0. The number of nitrogens with zero attached hydrogens (tertiary/aromatic N) is 4. The van der Waals surface area contributed by atoms with Gasteiger partial charge in [-0.25, -0.2) is 4.68 Å². The van der Waals surface area contributed by atoms with E-state index in [1.54, 1.807) is 23.6 Å². The zero-order chi connectivity index (χ0) is 21.3. The van der Waals surface area contributed by atoms with E-state index in [-0.39, 0.29) is 12.4 Å². The maximum absolute atomic E-state index is 6.46. The molecule has 1 heterocycles. The van der Waals surface area contributed by atoms with Crippen LogP contribution in [0.3, 0.4) is 0 Å². The van der Waals surface area contributed by atoms with Crippen molar-refractivity contribution < 1.29 is 9.47 Å². The third-order valence-electron chi connectivity index (χ3n) is 4.23. The summed E-state index contributed by atoms with van der Waals surface area (Å²) in [7, 11) is 3.44. The van der Waals surface area contributed by atoms with Crippen molar-refractivity contribution in [1.29, 1.82) is 0 Å². The largest absolute Gasteiger partial charge is 0.493 e. The summed E-state index contributed by atoms with van der Waals surface area (Å²) >= 11 is 14.0. The molecule has 0 aliphatic rings. The Hall–Kier alpha value is -1.71. The van der Waals surface area contributed by atoms with Crippen molar-refractivity contribution in [3.63, 3.8) is 0 Å². The van der Waals surface area contributed by atoms with E-state index in [9.17, 15) is 0 Å². The number of nitrogens with one attached hydrogen (secondary N) is 1. The molecule has 1 aromatic heterocycles. The smallest absolute Gasteiger partial charge is 0.209 e. The first-order valence-corrected chi connectivity index (χ1v) is 11.1. The predicted octanol–water partition coefficient (Wildman–Crippen LogP) is 4.80. The Morgan fingerprint density at radius 3 is 2.58 bits per heavy atom. The van der Waals surface area contributed by atoms with E-state index in [1.165, 1.54) is 0 Å². The minimum Gasteiger partial charge on any atom is -0.493 e. The van der Waals surface area contributed by atoms with Crippen LogP contribution < -0.4 is 14.8 Å². The third-order valence-corrected chi connectivity index (χ3v) is 5.85. The van der Waals surface area contributed by atoms with Gasteiger partial charge >= 0.3 is 0 Å². The molecule has 0 saturated carbocycles. The van der Waals surface area contributed by atoms with Crippen LogP contribution in [0.2, 0.25) is 10.0 Å². The van der Waals surface area contributed by atoms with Crippen LogP contribution in [-0.4, -0.2) is 39.6 Å². The van der Waals surface area contributed by atoms with Gasteiger partial charge in [-0.15, -0.1) is 17.5 Å². The number of halogens is 3. The van der Waals surface area contributed by atoms with Gasteiger partial charge in [-0.1, -0.05) is 47.1 Å². The maximum Gasteiger partial charge on any atom is 0.209 e. The highest BCUT2D eigenvalue weighted by molar-refractivity contribution is 7.99.